The number of aryl methyl sites for hydroxylation is 1. The molecule has 0 saturated carbocycles. The summed E-state index contributed by atoms with van der Waals surface area (Å²) >= 11 is 0. The van der Waals surface area contributed by atoms with E-state index in [-0.39, 0.29) is 5.78 Å². The van der Waals surface area contributed by atoms with Gasteiger partial charge in [-0.05, 0) is 18.6 Å². The second kappa shape index (κ2) is 5.40. The Morgan fingerprint density at radius 1 is 1.28 bits per heavy atom. The van der Waals surface area contributed by atoms with E-state index in [1.165, 1.54) is 0 Å². The van der Waals surface area contributed by atoms with Crippen molar-refractivity contribution in [2.75, 3.05) is 20.8 Å². The van der Waals surface area contributed by atoms with Crippen LogP contribution in [-0.2, 0) is 0 Å². The molecule has 2 N–H and O–H groups in total. The molecule has 0 radical (unpaired) electrons. The zero-order chi connectivity index (χ0) is 13.9. The van der Waals surface area contributed by atoms with Gasteiger partial charge in [-0.3, -0.25) is 4.79 Å². The minimum Gasteiger partial charge on any atom is -0.497 e. The number of Topliss-reactive ketones (excluding diaryl/α,β-unsaturated/α-hetero) is 1. The molecule has 0 spiro atoms. The van der Waals surface area contributed by atoms with Gasteiger partial charge in [0.1, 0.15) is 11.5 Å². The molecule has 0 atom stereocenters. The van der Waals surface area contributed by atoms with Crippen LogP contribution < -0.4 is 15.2 Å². The standard InChI is InChI=1S/C14H21NO3/c1-9-6-10(17-4)7-11(18-5)12(9)13(16)14(2,3)8-15/h6-7H,8,15H2,1-5H3. The van der Waals surface area contributed by atoms with Gasteiger partial charge in [-0.2, -0.15) is 0 Å². The van der Waals surface area contributed by atoms with Crippen LogP contribution in [0.15, 0.2) is 12.1 Å². The maximum atomic E-state index is 12.5. The maximum absolute atomic E-state index is 12.5. The van der Waals surface area contributed by atoms with Gasteiger partial charge in [-0.25, -0.2) is 0 Å². The van der Waals surface area contributed by atoms with Crippen molar-refractivity contribution in [3.63, 3.8) is 0 Å². The largest absolute Gasteiger partial charge is 0.497 e. The Hall–Kier alpha value is -1.55. The Labute approximate surface area is 108 Å². The van der Waals surface area contributed by atoms with Crippen LogP contribution in [0.25, 0.3) is 0 Å². The maximum Gasteiger partial charge on any atom is 0.173 e. The Morgan fingerprint density at radius 3 is 2.33 bits per heavy atom. The molecule has 0 aliphatic rings. The van der Waals surface area contributed by atoms with Crippen LogP contribution in [0.2, 0.25) is 0 Å². The van der Waals surface area contributed by atoms with E-state index in [0.717, 1.165) is 5.56 Å². The highest BCUT2D eigenvalue weighted by Gasteiger charge is 2.30. The van der Waals surface area contributed by atoms with Gasteiger partial charge in [0.05, 0.1) is 19.8 Å². The SMILES string of the molecule is COc1cc(C)c(C(=O)C(C)(C)CN)c(OC)c1. The zero-order valence-corrected chi connectivity index (χ0v) is 11.7. The fraction of sp³-hybridized carbons (Fsp3) is 0.500. The molecule has 0 unspecified atom stereocenters. The number of carbonyl (C=O) groups is 1. The molecule has 1 rings (SSSR count). The normalized spacial score (nSPS) is 11.2. The van der Waals surface area contributed by atoms with E-state index in [9.17, 15) is 4.79 Å². The van der Waals surface area contributed by atoms with Crippen LogP contribution >= 0.6 is 0 Å². The summed E-state index contributed by atoms with van der Waals surface area (Å²) in [4.78, 5) is 12.5. The average molecular weight is 251 g/mol. The predicted octanol–water partition coefficient (Wildman–Crippen LogP) is 2.18. The molecule has 18 heavy (non-hydrogen) atoms. The van der Waals surface area contributed by atoms with Gasteiger partial charge < -0.3 is 15.2 Å². The van der Waals surface area contributed by atoms with Crippen molar-refractivity contribution in [2.45, 2.75) is 20.8 Å². The lowest BCUT2D eigenvalue weighted by Crippen LogP contribution is -2.33. The summed E-state index contributed by atoms with van der Waals surface area (Å²) in [5, 5.41) is 0. The topological polar surface area (TPSA) is 61.5 Å². The molecule has 4 nitrogen and oxygen atoms in total. The predicted molar refractivity (Wildman–Crippen MR) is 71.4 cm³/mol. The number of ether oxygens (including phenoxy) is 2. The second-order valence-corrected chi connectivity index (χ2v) is 4.94. The van der Waals surface area contributed by atoms with Crippen molar-refractivity contribution in [3.8, 4) is 11.5 Å². The van der Waals surface area contributed by atoms with E-state index in [4.69, 9.17) is 15.2 Å². The summed E-state index contributed by atoms with van der Waals surface area (Å²) in [6.45, 7) is 5.82. The molecule has 0 saturated heterocycles. The monoisotopic (exact) mass is 251 g/mol. The number of hydrogen-bond donors (Lipinski definition) is 1. The summed E-state index contributed by atoms with van der Waals surface area (Å²) in [6.07, 6.45) is 0. The van der Waals surface area contributed by atoms with Gasteiger partial charge in [0.15, 0.2) is 5.78 Å². The van der Waals surface area contributed by atoms with Crippen molar-refractivity contribution in [3.05, 3.63) is 23.3 Å². The van der Waals surface area contributed by atoms with Crippen LogP contribution in [0.5, 0.6) is 11.5 Å². The minimum absolute atomic E-state index is 0.0120. The molecular weight excluding hydrogens is 230 g/mol. The molecule has 1 aromatic rings. The number of carbonyl (C=O) groups excluding carboxylic acids is 1. The number of hydrogen-bond acceptors (Lipinski definition) is 4. The number of ketones is 1. The average Bonchev–Trinajstić information content (AvgIpc) is 2.36. The van der Waals surface area contributed by atoms with Gasteiger partial charge in [-0.15, -0.1) is 0 Å². The molecule has 0 heterocycles. The molecule has 0 aliphatic carbocycles. The lowest BCUT2D eigenvalue weighted by atomic mass is 9.82. The highest BCUT2D eigenvalue weighted by molar-refractivity contribution is 6.04. The van der Waals surface area contributed by atoms with Crippen LogP contribution in [0.4, 0.5) is 0 Å². The van der Waals surface area contributed by atoms with Gasteiger partial charge in [0, 0.05) is 18.0 Å². The summed E-state index contributed by atoms with van der Waals surface area (Å²) < 4.78 is 10.5. The third-order valence-electron chi connectivity index (χ3n) is 3.08. The van der Waals surface area contributed by atoms with Crippen molar-refractivity contribution >= 4 is 5.78 Å². The van der Waals surface area contributed by atoms with E-state index in [1.54, 1.807) is 20.3 Å². The van der Waals surface area contributed by atoms with Crippen molar-refractivity contribution in [2.24, 2.45) is 11.1 Å². The smallest absolute Gasteiger partial charge is 0.173 e. The summed E-state index contributed by atoms with van der Waals surface area (Å²) in [7, 11) is 3.12. The third kappa shape index (κ3) is 2.64. The number of methoxy groups -OCH3 is 2. The Kier molecular flexibility index (Phi) is 4.35. The fourth-order valence-electron chi connectivity index (χ4n) is 1.72. The first-order valence-electron chi connectivity index (χ1n) is 5.85. The molecule has 0 aliphatic heterocycles. The lowest BCUT2D eigenvalue weighted by molar-refractivity contribution is 0.0843. The Balaban J connectivity index is 3.36. The van der Waals surface area contributed by atoms with Crippen LogP contribution in [-0.4, -0.2) is 26.5 Å². The van der Waals surface area contributed by atoms with E-state index >= 15 is 0 Å². The quantitative estimate of drug-likeness (QED) is 0.815. The summed E-state index contributed by atoms with van der Waals surface area (Å²) in [5.74, 6) is 1.19. The number of benzene rings is 1. The Morgan fingerprint density at radius 2 is 1.89 bits per heavy atom. The second-order valence-electron chi connectivity index (χ2n) is 4.94. The first-order valence-corrected chi connectivity index (χ1v) is 5.85. The summed E-state index contributed by atoms with van der Waals surface area (Å²) in [5.41, 5.74) is 6.46. The van der Waals surface area contributed by atoms with Gasteiger partial charge in [0.25, 0.3) is 0 Å². The molecule has 4 heteroatoms. The first kappa shape index (κ1) is 14.5. The van der Waals surface area contributed by atoms with Gasteiger partial charge in [0.2, 0.25) is 0 Å². The van der Waals surface area contributed by atoms with Crippen LogP contribution in [0, 0.1) is 12.3 Å². The number of rotatable bonds is 5. The van der Waals surface area contributed by atoms with Crippen molar-refractivity contribution in [1.29, 1.82) is 0 Å². The minimum atomic E-state index is -0.605. The van der Waals surface area contributed by atoms with E-state index in [1.807, 2.05) is 26.8 Å². The van der Waals surface area contributed by atoms with E-state index < -0.39 is 5.41 Å². The first-order chi connectivity index (χ1) is 8.37. The van der Waals surface area contributed by atoms with Crippen LogP contribution in [0.1, 0.15) is 29.8 Å². The van der Waals surface area contributed by atoms with Crippen molar-refractivity contribution in [1.82, 2.24) is 0 Å². The van der Waals surface area contributed by atoms with Gasteiger partial charge >= 0.3 is 0 Å². The molecule has 0 bridgehead atoms. The van der Waals surface area contributed by atoms with Gasteiger partial charge in [-0.1, -0.05) is 13.8 Å². The lowest BCUT2D eigenvalue weighted by Gasteiger charge is -2.23. The van der Waals surface area contributed by atoms with Crippen molar-refractivity contribution < 1.29 is 14.3 Å². The molecule has 0 fully saturated rings. The highest BCUT2D eigenvalue weighted by atomic mass is 16.5. The molecule has 0 aromatic heterocycles. The third-order valence-corrected chi connectivity index (χ3v) is 3.08. The molecular formula is C14H21NO3. The van der Waals surface area contributed by atoms with Crippen LogP contribution in [0.3, 0.4) is 0 Å². The number of nitrogens with two attached hydrogens (primary N) is 1. The van der Waals surface area contributed by atoms with E-state index in [2.05, 4.69) is 0 Å². The fourth-order valence-corrected chi connectivity index (χ4v) is 1.72. The van der Waals surface area contributed by atoms with E-state index in [0.29, 0.717) is 23.6 Å². The summed E-state index contributed by atoms with van der Waals surface area (Å²) in [6, 6.07) is 3.54. The Bertz CT molecular complexity index is 453. The molecule has 1 aromatic carbocycles. The highest BCUT2D eigenvalue weighted by Crippen LogP contribution is 2.33. The molecule has 100 valence electrons. The molecule has 0 amide bonds. The zero-order valence-electron chi connectivity index (χ0n) is 11.7.